The predicted octanol–water partition coefficient (Wildman–Crippen LogP) is 4.37. The Labute approximate surface area is 117 Å². The van der Waals surface area contributed by atoms with Crippen LogP contribution < -0.4 is 0 Å². The second-order valence-electron chi connectivity index (χ2n) is 4.83. The van der Waals surface area contributed by atoms with Crippen LogP contribution in [0.5, 0.6) is 0 Å². The van der Waals surface area contributed by atoms with Crippen molar-refractivity contribution in [1.29, 1.82) is 0 Å². The van der Waals surface area contributed by atoms with E-state index in [1.807, 2.05) is 24.3 Å². The largest absolute Gasteiger partial charge is 0.370 e. The van der Waals surface area contributed by atoms with E-state index in [9.17, 15) is 4.79 Å². The van der Waals surface area contributed by atoms with Gasteiger partial charge in [-0.15, -0.1) is 0 Å². The standard InChI is InChI=1S/C15H19BrO2/c16-14-10-6-5-9-13(14)15(17)11-18-12-7-3-1-2-4-8-12/h5-6,9-10,12H,1-4,7-8,11H2. The molecule has 0 aliphatic heterocycles. The molecule has 1 aliphatic carbocycles. The molecule has 0 unspecified atom stereocenters. The average molecular weight is 311 g/mol. The first-order valence-corrected chi connectivity index (χ1v) is 7.46. The van der Waals surface area contributed by atoms with Crippen LogP contribution in [0.2, 0.25) is 0 Å². The number of halogens is 1. The average Bonchev–Trinajstić information content (AvgIpc) is 2.65. The number of ether oxygens (including phenoxy) is 1. The van der Waals surface area contributed by atoms with Crippen LogP contribution in [0.25, 0.3) is 0 Å². The van der Waals surface area contributed by atoms with Gasteiger partial charge in [0.05, 0.1) is 6.10 Å². The van der Waals surface area contributed by atoms with Crippen LogP contribution in [0.4, 0.5) is 0 Å². The minimum atomic E-state index is 0.0618. The topological polar surface area (TPSA) is 26.3 Å². The minimum Gasteiger partial charge on any atom is -0.370 e. The third-order valence-electron chi connectivity index (χ3n) is 3.43. The molecular formula is C15H19BrO2. The highest BCUT2D eigenvalue weighted by atomic mass is 79.9. The van der Waals surface area contributed by atoms with Gasteiger partial charge in [-0.05, 0) is 18.9 Å². The molecule has 0 bridgehead atoms. The van der Waals surface area contributed by atoms with Crippen molar-refractivity contribution in [2.24, 2.45) is 0 Å². The van der Waals surface area contributed by atoms with Crippen molar-refractivity contribution in [1.82, 2.24) is 0 Å². The predicted molar refractivity (Wildman–Crippen MR) is 75.9 cm³/mol. The summed E-state index contributed by atoms with van der Waals surface area (Å²) in [6, 6.07) is 7.51. The summed E-state index contributed by atoms with van der Waals surface area (Å²) >= 11 is 3.40. The molecule has 0 amide bonds. The molecule has 1 aliphatic rings. The molecule has 0 N–H and O–H groups in total. The van der Waals surface area contributed by atoms with E-state index in [4.69, 9.17) is 4.74 Å². The van der Waals surface area contributed by atoms with Gasteiger partial charge < -0.3 is 4.74 Å². The molecule has 2 rings (SSSR count). The smallest absolute Gasteiger partial charge is 0.189 e. The number of hydrogen-bond donors (Lipinski definition) is 0. The van der Waals surface area contributed by atoms with E-state index in [2.05, 4.69) is 15.9 Å². The summed E-state index contributed by atoms with van der Waals surface area (Å²) in [4.78, 5) is 12.0. The van der Waals surface area contributed by atoms with Crippen LogP contribution >= 0.6 is 15.9 Å². The van der Waals surface area contributed by atoms with Gasteiger partial charge in [-0.1, -0.05) is 59.8 Å². The molecule has 0 heterocycles. The van der Waals surface area contributed by atoms with Crippen LogP contribution in [-0.2, 0) is 4.74 Å². The third-order valence-corrected chi connectivity index (χ3v) is 4.12. The molecule has 0 saturated heterocycles. The van der Waals surface area contributed by atoms with Crippen LogP contribution in [0, 0.1) is 0 Å². The molecule has 0 atom stereocenters. The van der Waals surface area contributed by atoms with E-state index >= 15 is 0 Å². The zero-order valence-electron chi connectivity index (χ0n) is 10.5. The van der Waals surface area contributed by atoms with Gasteiger partial charge in [-0.25, -0.2) is 0 Å². The lowest BCUT2D eigenvalue weighted by molar-refractivity contribution is 0.0388. The summed E-state index contributed by atoms with van der Waals surface area (Å²) in [5.41, 5.74) is 0.714. The number of carbonyl (C=O) groups is 1. The maximum atomic E-state index is 12.0. The lowest BCUT2D eigenvalue weighted by atomic mass is 10.1. The van der Waals surface area contributed by atoms with Crippen molar-refractivity contribution in [2.45, 2.75) is 44.6 Å². The maximum Gasteiger partial charge on any atom is 0.189 e. The molecular weight excluding hydrogens is 292 g/mol. The summed E-state index contributed by atoms with van der Waals surface area (Å²) in [7, 11) is 0. The molecule has 1 fully saturated rings. The molecule has 1 saturated carbocycles. The van der Waals surface area contributed by atoms with Crippen molar-refractivity contribution in [3.8, 4) is 0 Å². The van der Waals surface area contributed by atoms with Crippen molar-refractivity contribution in [2.75, 3.05) is 6.61 Å². The Balaban J connectivity index is 1.86. The van der Waals surface area contributed by atoms with Crippen molar-refractivity contribution >= 4 is 21.7 Å². The zero-order chi connectivity index (χ0) is 12.8. The molecule has 18 heavy (non-hydrogen) atoms. The molecule has 1 aromatic rings. The van der Waals surface area contributed by atoms with Crippen molar-refractivity contribution < 1.29 is 9.53 Å². The van der Waals surface area contributed by atoms with Gasteiger partial charge in [0.25, 0.3) is 0 Å². The summed E-state index contributed by atoms with van der Waals surface area (Å²) in [5, 5.41) is 0. The van der Waals surface area contributed by atoms with E-state index < -0.39 is 0 Å². The van der Waals surface area contributed by atoms with Gasteiger partial charge in [0.1, 0.15) is 6.61 Å². The fraction of sp³-hybridized carbons (Fsp3) is 0.533. The van der Waals surface area contributed by atoms with E-state index in [0.29, 0.717) is 5.56 Å². The second-order valence-corrected chi connectivity index (χ2v) is 5.68. The SMILES string of the molecule is O=C(COC1CCCCCC1)c1ccccc1Br. The van der Waals surface area contributed by atoms with Gasteiger partial charge in [-0.3, -0.25) is 4.79 Å². The van der Waals surface area contributed by atoms with Gasteiger partial charge in [0.15, 0.2) is 5.78 Å². The molecule has 3 heteroatoms. The summed E-state index contributed by atoms with van der Waals surface area (Å²) in [6.07, 6.45) is 7.54. The highest BCUT2D eigenvalue weighted by Crippen LogP contribution is 2.21. The highest BCUT2D eigenvalue weighted by molar-refractivity contribution is 9.10. The quantitative estimate of drug-likeness (QED) is 0.609. The fourth-order valence-electron chi connectivity index (χ4n) is 2.37. The molecule has 2 nitrogen and oxygen atoms in total. The summed E-state index contributed by atoms with van der Waals surface area (Å²) in [6.45, 7) is 0.202. The number of rotatable bonds is 4. The number of hydrogen-bond acceptors (Lipinski definition) is 2. The van der Waals surface area contributed by atoms with E-state index in [-0.39, 0.29) is 18.5 Å². The Kier molecular flexibility index (Phi) is 5.39. The number of ketones is 1. The molecule has 98 valence electrons. The maximum absolute atomic E-state index is 12.0. The van der Waals surface area contributed by atoms with Crippen LogP contribution in [0.15, 0.2) is 28.7 Å². The Hall–Kier alpha value is -0.670. The van der Waals surface area contributed by atoms with Crippen LogP contribution in [0.3, 0.4) is 0 Å². The first-order valence-electron chi connectivity index (χ1n) is 6.66. The Morgan fingerprint density at radius 3 is 2.50 bits per heavy atom. The molecule has 0 aromatic heterocycles. The number of benzene rings is 1. The Bertz CT molecular complexity index is 395. The number of carbonyl (C=O) groups excluding carboxylic acids is 1. The van der Waals surface area contributed by atoms with Gasteiger partial charge in [0.2, 0.25) is 0 Å². The van der Waals surface area contributed by atoms with Gasteiger partial charge in [0, 0.05) is 10.0 Å². The van der Waals surface area contributed by atoms with E-state index in [1.54, 1.807) is 0 Å². The summed E-state index contributed by atoms with van der Waals surface area (Å²) < 4.78 is 6.61. The Morgan fingerprint density at radius 2 is 1.83 bits per heavy atom. The highest BCUT2D eigenvalue weighted by Gasteiger charge is 2.15. The lowest BCUT2D eigenvalue weighted by Gasteiger charge is -2.14. The van der Waals surface area contributed by atoms with Gasteiger partial charge in [-0.2, -0.15) is 0 Å². The van der Waals surface area contributed by atoms with Crippen molar-refractivity contribution in [3.05, 3.63) is 34.3 Å². The van der Waals surface area contributed by atoms with Crippen molar-refractivity contribution in [3.63, 3.8) is 0 Å². The second kappa shape index (κ2) is 7.05. The van der Waals surface area contributed by atoms with Crippen LogP contribution in [0.1, 0.15) is 48.9 Å². The first kappa shape index (κ1) is 13.8. The first-order chi connectivity index (χ1) is 8.77. The van der Waals surface area contributed by atoms with E-state index in [1.165, 1.54) is 25.7 Å². The zero-order valence-corrected chi connectivity index (χ0v) is 12.1. The summed E-state index contributed by atoms with van der Waals surface area (Å²) in [5.74, 6) is 0.0618. The lowest BCUT2D eigenvalue weighted by Crippen LogP contribution is -2.18. The number of Topliss-reactive ketones (excluding diaryl/α,β-unsaturated/α-hetero) is 1. The van der Waals surface area contributed by atoms with E-state index in [0.717, 1.165) is 17.3 Å². The Morgan fingerprint density at radius 1 is 1.17 bits per heavy atom. The minimum absolute atomic E-state index is 0.0618. The molecule has 1 aromatic carbocycles. The third kappa shape index (κ3) is 3.92. The normalized spacial score (nSPS) is 17.4. The van der Waals surface area contributed by atoms with Crippen LogP contribution in [-0.4, -0.2) is 18.5 Å². The molecule has 0 spiro atoms. The van der Waals surface area contributed by atoms with Gasteiger partial charge >= 0.3 is 0 Å². The monoisotopic (exact) mass is 310 g/mol. The molecule has 0 radical (unpaired) electrons. The fourth-order valence-corrected chi connectivity index (χ4v) is 2.87.